The van der Waals surface area contributed by atoms with E-state index in [1.807, 2.05) is 6.07 Å². The number of carbonyl (C=O) groups is 1. The molecular formula is C18H17F2N5O. The highest BCUT2D eigenvalue weighted by Crippen LogP contribution is 2.39. The van der Waals surface area contributed by atoms with E-state index in [9.17, 15) is 13.6 Å². The smallest absolute Gasteiger partial charge is 0.232 e. The Morgan fingerprint density at radius 2 is 2.00 bits per heavy atom. The van der Waals surface area contributed by atoms with Gasteiger partial charge in [0.05, 0.1) is 17.8 Å². The molecule has 0 unspecified atom stereocenters. The molecule has 8 heteroatoms. The van der Waals surface area contributed by atoms with Crippen LogP contribution in [0.15, 0.2) is 36.7 Å². The molecule has 26 heavy (non-hydrogen) atoms. The summed E-state index contributed by atoms with van der Waals surface area (Å²) in [4.78, 5) is 12.4. The van der Waals surface area contributed by atoms with Crippen molar-refractivity contribution in [2.75, 3.05) is 5.32 Å². The third-order valence-electron chi connectivity index (χ3n) is 4.47. The van der Waals surface area contributed by atoms with Gasteiger partial charge in [0.2, 0.25) is 5.91 Å². The van der Waals surface area contributed by atoms with Crippen molar-refractivity contribution in [2.24, 2.45) is 0 Å². The molecule has 3 aromatic rings. The number of halogens is 2. The lowest BCUT2D eigenvalue weighted by atomic mass is 10.0. The summed E-state index contributed by atoms with van der Waals surface area (Å²) in [6.45, 7) is 1.73. The second-order valence-corrected chi connectivity index (χ2v) is 6.54. The van der Waals surface area contributed by atoms with Crippen molar-refractivity contribution in [3.8, 4) is 5.69 Å². The molecule has 134 valence electrons. The number of amides is 1. The van der Waals surface area contributed by atoms with Crippen molar-refractivity contribution in [2.45, 2.75) is 31.6 Å². The Morgan fingerprint density at radius 1 is 1.27 bits per heavy atom. The molecule has 1 atom stereocenters. The molecule has 4 rings (SSSR count). The normalized spacial score (nSPS) is 15.0. The van der Waals surface area contributed by atoms with Gasteiger partial charge in [0.15, 0.2) is 5.82 Å². The van der Waals surface area contributed by atoms with Crippen molar-refractivity contribution in [1.29, 1.82) is 0 Å². The molecule has 1 aliphatic carbocycles. The summed E-state index contributed by atoms with van der Waals surface area (Å²) in [6, 6.07) is 4.99. The first kappa shape index (κ1) is 16.4. The molecule has 6 nitrogen and oxygen atoms in total. The van der Waals surface area contributed by atoms with Gasteiger partial charge in [-0.2, -0.15) is 10.2 Å². The molecule has 0 spiro atoms. The Morgan fingerprint density at radius 3 is 2.69 bits per heavy atom. The number of anilines is 1. The van der Waals surface area contributed by atoms with Gasteiger partial charge in [0.1, 0.15) is 11.6 Å². The molecule has 0 saturated heterocycles. The van der Waals surface area contributed by atoms with Crippen LogP contribution in [0.3, 0.4) is 0 Å². The minimum absolute atomic E-state index is 0.233. The van der Waals surface area contributed by atoms with Gasteiger partial charge in [-0.05, 0) is 31.9 Å². The van der Waals surface area contributed by atoms with Crippen molar-refractivity contribution < 1.29 is 13.6 Å². The first-order valence-electron chi connectivity index (χ1n) is 8.37. The summed E-state index contributed by atoms with van der Waals surface area (Å²) in [6.07, 6.45) is 5.38. The van der Waals surface area contributed by atoms with Gasteiger partial charge in [-0.25, -0.2) is 13.5 Å². The first-order chi connectivity index (χ1) is 12.5. The third-order valence-corrected chi connectivity index (χ3v) is 4.47. The Hall–Kier alpha value is -3.03. The van der Waals surface area contributed by atoms with Gasteiger partial charge in [0.25, 0.3) is 0 Å². The van der Waals surface area contributed by atoms with Crippen molar-refractivity contribution in [3.63, 3.8) is 0 Å². The van der Waals surface area contributed by atoms with E-state index in [0.29, 0.717) is 17.3 Å². The molecule has 1 aliphatic rings. The summed E-state index contributed by atoms with van der Waals surface area (Å²) < 4.78 is 28.1. The molecule has 1 fully saturated rings. The monoisotopic (exact) mass is 357 g/mol. The summed E-state index contributed by atoms with van der Waals surface area (Å²) in [5.74, 6) is -1.09. The van der Waals surface area contributed by atoms with Gasteiger partial charge in [0, 0.05) is 35.5 Å². The largest absolute Gasteiger partial charge is 0.309 e. The lowest BCUT2D eigenvalue weighted by molar-refractivity contribution is -0.117. The summed E-state index contributed by atoms with van der Waals surface area (Å²) in [5, 5.41) is 13.9. The zero-order valence-electron chi connectivity index (χ0n) is 14.0. The molecule has 2 heterocycles. The highest BCUT2D eigenvalue weighted by Gasteiger charge is 2.26. The number of hydrogen-bond donors (Lipinski definition) is 2. The van der Waals surface area contributed by atoms with Crippen LogP contribution in [0.25, 0.3) is 5.69 Å². The Kier molecular flexibility index (Phi) is 4.02. The van der Waals surface area contributed by atoms with E-state index in [0.717, 1.165) is 24.6 Å². The molecule has 0 bridgehead atoms. The second kappa shape index (κ2) is 6.36. The van der Waals surface area contributed by atoms with Crippen LogP contribution in [0.1, 0.15) is 42.9 Å². The minimum atomic E-state index is -0.687. The highest BCUT2D eigenvalue weighted by molar-refractivity contribution is 5.94. The number of aromatic amines is 1. The Bertz CT molecular complexity index is 940. The number of aromatic nitrogens is 4. The predicted molar refractivity (Wildman–Crippen MR) is 91.1 cm³/mol. The number of rotatable bonds is 5. The highest BCUT2D eigenvalue weighted by atomic mass is 19.1. The standard InChI is InChI=1S/C18H17F2N5O/c1-10(18(26)22-17-7-16(23-24-17)11-2-3-11)12-8-21-25(9-12)15-5-13(19)4-14(20)6-15/h4-11H,2-3H2,1H3,(H2,22,23,24,26)/t10-/m0/s1. The quantitative estimate of drug-likeness (QED) is 0.734. The minimum Gasteiger partial charge on any atom is -0.309 e. The number of nitrogens with one attached hydrogen (secondary N) is 2. The zero-order valence-corrected chi connectivity index (χ0v) is 14.0. The fourth-order valence-electron chi connectivity index (χ4n) is 2.76. The first-order valence-corrected chi connectivity index (χ1v) is 8.37. The van der Waals surface area contributed by atoms with Crippen LogP contribution in [0.4, 0.5) is 14.6 Å². The molecule has 0 radical (unpaired) electrons. The molecule has 2 N–H and O–H groups in total. The van der Waals surface area contributed by atoms with E-state index in [1.54, 1.807) is 13.1 Å². The van der Waals surface area contributed by atoms with Crippen LogP contribution >= 0.6 is 0 Å². The maximum absolute atomic E-state index is 13.4. The molecule has 1 amide bonds. The number of hydrogen-bond acceptors (Lipinski definition) is 3. The number of benzene rings is 1. The fourth-order valence-corrected chi connectivity index (χ4v) is 2.76. The Labute approximate surface area is 148 Å². The van der Waals surface area contributed by atoms with E-state index in [2.05, 4.69) is 20.6 Å². The van der Waals surface area contributed by atoms with Gasteiger partial charge in [-0.1, -0.05) is 0 Å². The predicted octanol–water partition coefficient (Wildman–Crippen LogP) is 3.49. The van der Waals surface area contributed by atoms with E-state index < -0.39 is 17.6 Å². The maximum Gasteiger partial charge on any atom is 0.232 e. The topological polar surface area (TPSA) is 75.6 Å². The summed E-state index contributed by atoms with van der Waals surface area (Å²) >= 11 is 0. The van der Waals surface area contributed by atoms with Crippen molar-refractivity contribution >= 4 is 11.7 Å². The average Bonchev–Trinajstić information content (AvgIpc) is 3.15. The van der Waals surface area contributed by atoms with Crippen LogP contribution in [-0.2, 0) is 4.79 Å². The van der Waals surface area contributed by atoms with E-state index in [1.165, 1.54) is 23.0 Å². The van der Waals surface area contributed by atoms with E-state index in [4.69, 9.17) is 0 Å². The Balaban J connectivity index is 1.47. The lowest BCUT2D eigenvalue weighted by Gasteiger charge is -2.08. The molecular weight excluding hydrogens is 340 g/mol. The fraction of sp³-hybridized carbons (Fsp3) is 0.278. The zero-order chi connectivity index (χ0) is 18.3. The number of H-pyrrole nitrogens is 1. The van der Waals surface area contributed by atoms with E-state index >= 15 is 0 Å². The van der Waals surface area contributed by atoms with Gasteiger partial charge >= 0.3 is 0 Å². The molecule has 1 aromatic carbocycles. The van der Waals surface area contributed by atoms with Crippen molar-refractivity contribution in [3.05, 3.63) is 59.6 Å². The van der Waals surface area contributed by atoms with Crippen LogP contribution in [-0.4, -0.2) is 25.9 Å². The molecule has 0 aliphatic heterocycles. The van der Waals surface area contributed by atoms with Crippen LogP contribution in [0.5, 0.6) is 0 Å². The molecule has 2 aromatic heterocycles. The maximum atomic E-state index is 13.4. The SMILES string of the molecule is C[C@H](C(=O)Nc1cc(C2CC2)[nH]n1)c1cnn(-c2cc(F)cc(F)c2)c1. The summed E-state index contributed by atoms with van der Waals surface area (Å²) in [5.41, 5.74) is 1.92. The number of nitrogens with zero attached hydrogens (tertiary/aromatic N) is 3. The molecule has 1 saturated carbocycles. The van der Waals surface area contributed by atoms with Crippen LogP contribution in [0.2, 0.25) is 0 Å². The van der Waals surface area contributed by atoms with Gasteiger partial charge in [-0.15, -0.1) is 0 Å². The van der Waals surface area contributed by atoms with Crippen LogP contribution < -0.4 is 5.32 Å². The van der Waals surface area contributed by atoms with Gasteiger partial charge in [-0.3, -0.25) is 9.89 Å². The van der Waals surface area contributed by atoms with Crippen molar-refractivity contribution in [1.82, 2.24) is 20.0 Å². The van der Waals surface area contributed by atoms with Gasteiger partial charge < -0.3 is 5.32 Å². The van der Waals surface area contributed by atoms with Crippen LogP contribution in [0, 0.1) is 11.6 Å². The second-order valence-electron chi connectivity index (χ2n) is 6.54. The lowest BCUT2D eigenvalue weighted by Crippen LogP contribution is -2.18. The third kappa shape index (κ3) is 3.35. The summed E-state index contributed by atoms with van der Waals surface area (Å²) in [7, 11) is 0. The average molecular weight is 357 g/mol. The number of carbonyl (C=O) groups excluding carboxylic acids is 1. The van der Waals surface area contributed by atoms with E-state index in [-0.39, 0.29) is 11.6 Å².